The van der Waals surface area contributed by atoms with E-state index >= 15 is 0 Å². The minimum atomic E-state index is 0.165. The molecule has 3 nitrogen and oxygen atoms in total. The van der Waals surface area contributed by atoms with Gasteiger partial charge in [0, 0.05) is 25.2 Å². The summed E-state index contributed by atoms with van der Waals surface area (Å²) in [4.78, 5) is 2.51. The van der Waals surface area contributed by atoms with Crippen molar-refractivity contribution < 1.29 is 10.2 Å². The second kappa shape index (κ2) is 6.36. The van der Waals surface area contributed by atoms with E-state index in [1.165, 1.54) is 25.7 Å². The normalized spacial score (nSPS) is 35.8. The van der Waals surface area contributed by atoms with Crippen LogP contribution >= 0.6 is 0 Å². The van der Waals surface area contributed by atoms with Gasteiger partial charge in [-0.3, -0.25) is 0 Å². The van der Waals surface area contributed by atoms with Crippen LogP contribution < -0.4 is 0 Å². The highest BCUT2D eigenvalue weighted by molar-refractivity contribution is 4.88. The number of hydrogen-bond acceptors (Lipinski definition) is 3. The summed E-state index contributed by atoms with van der Waals surface area (Å²) in [5.41, 5.74) is 0.165. The Kier molecular flexibility index (Phi) is 5.05. The van der Waals surface area contributed by atoms with Crippen molar-refractivity contribution in [3.63, 3.8) is 0 Å². The first-order chi connectivity index (χ1) is 8.67. The lowest BCUT2D eigenvalue weighted by molar-refractivity contribution is 0.0153. The van der Waals surface area contributed by atoms with Gasteiger partial charge >= 0.3 is 0 Å². The van der Waals surface area contributed by atoms with Crippen LogP contribution in [-0.4, -0.2) is 48.0 Å². The highest BCUT2D eigenvalue weighted by Gasteiger charge is 2.36. The van der Waals surface area contributed by atoms with Crippen molar-refractivity contribution in [3.8, 4) is 0 Å². The van der Waals surface area contributed by atoms with Gasteiger partial charge in [0.2, 0.25) is 0 Å². The number of nitrogens with zero attached hydrogens (tertiary/aromatic N) is 1. The van der Waals surface area contributed by atoms with Crippen molar-refractivity contribution in [2.75, 3.05) is 32.8 Å². The first kappa shape index (κ1) is 14.3. The summed E-state index contributed by atoms with van der Waals surface area (Å²) >= 11 is 0. The molecule has 1 saturated carbocycles. The largest absolute Gasteiger partial charge is 0.396 e. The van der Waals surface area contributed by atoms with Crippen LogP contribution in [0.5, 0.6) is 0 Å². The van der Waals surface area contributed by atoms with Crippen molar-refractivity contribution in [1.82, 2.24) is 4.90 Å². The Labute approximate surface area is 111 Å². The van der Waals surface area contributed by atoms with Gasteiger partial charge in [0.15, 0.2) is 0 Å². The zero-order valence-electron chi connectivity index (χ0n) is 11.8. The lowest BCUT2D eigenvalue weighted by atomic mass is 9.71. The molecule has 0 bridgehead atoms. The molecule has 0 aromatic rings. The van der Waals surface area contributed by atoms with Gasteiger partial charge in [-0.15, -0.1) is 0 Å². The fourth-order valence-corrected chi connectivity index (χ4v) is 3.54. The summed E-state index contributed by atoms with van der Waals surface area (Å²) in [6.07, 6.45) is 7.15. The summed E-state index contributed by atoms with van der Waals surface area (Å²) < 4.78 is 0. The first-order valence-electron chi connectivity index (χ1n) is 7.61. The molecule has 2 N–H and O–H groups in total. The maximum atomic E-state index is 9.79. The van der Waals surface area contributed by atoms with E-state index in [0.29, 0.717) is 19.1 Å². The van der Waals surface area contributed by atoms with E-state index in [0.717, 1.165) is 38.4 Å². The fraction of sp³-hybridized carbons (Fsp3) is 1.00. The zero-order valence-corrected chi connectivity index (χ0v) is 11.8. The average molecular weight is 255 g/mol. The standard InChI is InChI=1S/C15H29NO2/c1-13-2-6-15(12-18,7-3-13)11-16-8-4-14(10-17)5-9-16/h13-14,17-18H,2-12H2,1H3. The SMILES string of the molecule is CC1CCC(CO)(CN2CCC(CO)CC2)CC1. The maximum Gasteiger partial charge on any atom is 0.0499 e. The van der Waals surface area contributed by atoms with Crippen molar-refractivity contribution in [2.24, 2.45) is 17.3 Å². The third kappa shape index (κ3) is 3.46. The number of piperidine rings is 1. The molecule has 3 heteroatoms. The lowest BCUT2D eigenvalue weighted by Gasteiger charge is -2.43. The zero-order chi connectivity index (χ0) is 13.0. The van der Waals surface area contributed by atoms with Crippen LogP contribution in [0.2, 0.25) is 0 Å². The van der Waals surface area contributed by atoms with Crippen molar-refractivity contribution >= 4 is 0 Å². The Balaban J connectivity index is 1.83. The molecule has 1 aliphatic heterocycles. The van der Waals surface area contributed by atoms with Crippen LogP contribution in [0.15, 0.2) is 0 Å². The Morgan fingerprint density at radius 2 is 1.67 bits per heavy atom. The van der Waals surface area contributed by atoms with Gasteiger partial charge in [-0.25, -0.2) is 0 Å². The molecule has 106 valence electrons. The number of aliphatic hydroxyl groups is 2. The monoisotopic (exact) mass is 255 g/mol. The van der Waals surface area contributed by atoms with Gasteiger partial charge in [0.1, 0.15) is 0 Å². The van der Waals surface area contributed by atoms with Crippen LogP contribution in [0.1, 0.15) is 45.4 Å². The number of aliphatic hydroxyl groups excluding tert-OH is 2. The van der Waals surface area contributed by atoms with E-state index < -0.39 is 0 Å². The molecule has 1 saturated heterocycles. The third-order valence-electron chi connectivity index (χ3n) is 5.19. The Morgan fingerprint density at radius 1 is 1.06 bits per heavy atom. The maximum absolute atomic E-state index is 9.79. The second-order valence-electron chi connectivity index (χ2n) is 6.74. The molecule has 0 spiro atoms. The quantitative estimate of drug-likeness (QED) is 0.806. The molecule has 2 rings (SSSR count). The molecule has 0 atom stereocenters. The van der Waals surface area contributed by atoms with Crippen molar-refractivity contribution in [1.29, 1.82) is 0 Å². The molecule has 2 fully saturated rings. The van der Waals surface area contributed by atoms with Crippen LogP contribution in [0.3, 0.4) is 0 Å². The van der Waals surface area contributed by atoms with E-state index in [1.807, 2.05) is 0 Å². The van der Waals surface area contributed by atoms with Crippen LogP contribution in [0, 0.1) is 17.3 Å². The molecule has 0 amide bonds. The highest BCUT2D eigenvalue weighted by atomic mass is 16.3. The summed E-state index contributed by atoms with van der Waals surface area (Å²) in [6.45, 7) is 6.28. The molecular weight excluding hydrogens is 226 g/mol. The first-order valence-corrected chi connectivity index (χ1v) is 7.61. The molecule has 1 aliphatic carbocycles. The van der Waals surface area contributed by atoms with Crippen molar-refractivity contribution in [3.05, 3.63) is 0 Å². The Bertz CT molecular complexity index is 241. The topological polar surface area (TPSA) is 43.7 Å². The number of hydrogen-bond donors (Lipinski definition) is 2. The molecule has 18 heavy (non-hydrogen) atoms. The Morgan fingerprint density at radius 3 is 2.17 bits per heavy atom. The summed E-state index contributed by atoms with van der Waals surface area (Å²) in [6, 6.07) is 0. The highest BCUT2D eigenvalue weighted by Crippen LogP contribution is 2.39. The van der Waals surface area contributed by atoms with E-state index in [1.54, 1.807) is 0 Å². The van der Waals surface area contributed by atoms with Gasteiger partial charge in [0.25, 0.3) is 0 Å². The summed E-state index contributed by atoms with van der Waals surface area (Å²) in [5.74, 6) is 1.35. The van der Waals surface area contributed by atoms with Crippen LogP contribution in [-0.2, 0) is 0 Å². The van der Waals surface area contributed by atoms with E-state index in [9.17, 15) is 5.11 Å². The molecule has 0 aromatic heterocycles. The van der Waals surface area contributed by atoms with Gasteiger partial charge in [-0.05, 0) is 50.6 Å². The third-order valence-corrected chi connectivity index (χ3v) is 5.19. The minimum absolute atomic E-state index is 0.165. The van der Waals surface area contributed by atoms with Crippen LogP contribution in [0.25, 0.3) is 0 Å². The predicted octanol–water partition coefficient (Wildman–Crippen LogP) is 1.88. The fourth-order valence-electron chi connectivity index (χ4n) is 3.54. The lowest BCUT2D eigenvalue weighted by Crippen LogP contribution is -2.45. The average Bonchev–Trinajstić information content (AvgIpc) is 2.43. The number of rotatable bonds is 4. The molecule has 2 aliphatic rings. The van der Waals surface area contributed by atoms with Gasteiger partial charge in [0.05, 0.1) is 0 Å². The minimum Gasteiger partial charge on any atom is -0.396 e. The number of likely N-dealkylation sites (tertiary alicyclic amines) is 1. The molecule has 1 heterocycles. The molecular formula is C15H29NO2. The Hall–Kier alpha value is -0.120. The summed E-state index contributed by atoms with van der Waals surface area (Å²) in [7, 11) is 0. The molecule has 0 aromatic carbocycles. The van der Waals surface area contributed by atoms with Gasteiger partial charge < -0.3 is 15.1 Å². The second-order valence-corrected chi connectivity index (χ2v) is 6.74. The van der Waals surface area contributed by atoms with Gasteiger partial charge in [-0.2, -0.15) is 0 Å². The predicted molar refractivity (Wildman–Crippen MR) is 73.4 cm³/mol. The molecule has 0 radical (unpaired) electrons. The molecule has 0 unspecified atom stereocenters. The summed E-state index contributed by atoms with van der Waals surface area (Å²) in [5, 5.41) is 19.0. The van der Waals surface area contributed by atoms with E-state index in [2.05, 4.69) is 11.8 Å². The van der Waals surface area contributed by atoms with E-state index in [-0.39, 0.29) is 5.41 Å². The smallest absolute Gasteiger partial charge is 0.0499 e. The van der Waals surface area contributed by atoms with Gasteiger partial charge in [-0.1, -0.05) is 19.8 Å². The van der Waals surface area contributed by atoms with E-state index in [4.69, 9.17) is 5.11 Å². The van der Waals surface area contributed by atoms with Crippen LogP contribution in [0.4, 0.5) is 0 Å². The van der Waals surface area contributed by atoms with Crippen molar-refractivity contribution in [2.45, 2.75) is 45.4 Å².